The summed E-state index contributed by atoms with van der Waals surface area (Å²) in [4.78, 5) is 12.3. The molecule has 0 aliphatic carbocycles. The number of anilines is 1. The predicted octanol–water partition coefficient (Wildman–Crippen LogP) is 3.98. The van der Waals surface area contributed by atoms with Crippen molar-refractivity contribution < 1.29 is 4.79 Å². The summed E-state index contributed by atoms with van der Waals surface area (Å²) < 4.78 is 0.811. The van der Waals surface area contributed by atoms with Crippen molar-refractivity contribution >= 4 is 27.5 Å². The lowest BCUT2D eigenvalue weighted by Crippen LogP contribution is -2.45. The maximum atomic E-state index is 12.3. The highest BCUT2D eigenvalue weighted by atomic mass is 79.9. The van der Waals surface area contributed by atoms with Crippen LogP contribution in [0.1, 0.15) is 51.4 Å². The fourth-order valence-corrected chi connectivity index (χ4v) is 3.00. The van der Waals surface area contributed by atoms with E-state index in [-0.39, 0.29) is 16.9 Å². The van der Waals surface area contributed by atoms with Crippen LogP contribution in [0.2, 0.25) is 0 Å². The Labute approximate surface area is 124 Å². The average molecular weight is 327 g/mol. The van der Waals surface area contributed by atoms with E-state index in [0.29, 0.717) is 11.3 Å². The minimum atomic E-state index is -0.258. The lowest BCUT2D eigenvalue weighted by atomic mass is 9.81. The second-order valence-corrected chi connectivity index (χ2v) is 7.76. The zero-order valence-electron chi connectivity index (χ0n) is 12.3. The molecule has 0 atom stereocenters. The smallest absolute Gasteiger partial charge is 0.251 e. The van der Waals surface area contributed by atoms with E-state index in [1.807, 2.05) is 13.8 Å². The summed E-state index contributed by atoms with van der Waals surface area (Å²) in [5.74, 6) is -0.0951. The fourth-order valence-electron chi connectivity index (χ4n) is 2.49. The normalized spacial score (nSPS) is 12.3. The molecule has 0 spiro atoms. The zero-order chi connectivity index (χ0) is 14.8. The van der Waals surface area contributed by atoms with Crippen LogP contribution in [-0.4, -0.2) is 11.4 Å². The third kappa shape index (κ3) is 5.64. The van der Waals surface area contributed by atoms with Crippen LogP contribution in [0.5, 0.6) is 0 Å². The summed E-state index contributed by atoms with van der Waals surface area (Å²) in [5, 5.41) is 3.07. The molecule has 0 unspecified atom stereocenters. The van der Waals surface area contributed by atoms with Gasteiger partial charge in [-0.05, 0) is 43.9 Å². The van der Waals surface area contributed by atoms with Crippen molar-refractivity contribution in [3.63, 3.8) is 0 Å². The van der Waals surface area contributed by atoms with Gasteiger partial charge in [-0.3, -0.25) is 4.79 Å². The van der Waals surface area contributed by atoms with E-state index < -0.39 is 0 Å². The topological polar surface area (TPSA) is 55.1 Å². The van der Waals surface area contributed by atoms with Crippen LogP contribution in [-0.2, 0) is 0 Å². The Kier molecular flexibility index (Phi) is 4.67. The van der Waals surface area contributed by atoms with Crippen molar-refractivity contribution in [2.24, 2.45) is 5.41 Å². The minimum absolute atomic E-state index is 0.0951. The predicted molar refractivity (Wildman–Crippen MR) is 84.2 cm³/mol. The molecule has 1 rings (SSSR count). The number of benzene rings is 1. The maximum absolute atomic E-state index is 12.3. The van der Waals surface area contributed by atoms with E-state index in [1.165, 1.54) is 0 Å². The molecule has 0 fully saturated rings. The lowest BCUT2D eigenvalue weighted by molar-refractivity contribution is 0.0891. The monoisotopic (exact) mass is 326 g/mol. The molecular weight excluding hydrogens is 304 g/mol. The SMILES string of the molecule is CC(C)(C)CC(C)(C)NC(=O)c1cc(N)cc(Br)c1. The van der Waals surface area contributed by atoms with Gasteiger partial charge < -0.3 is 11.1 Å². The minimum Gasteiger partial charge on any atom is -0.399 e. The molecule has 0 saturated carbocycles. The number of halogens is 1. The van der Waals surface area contributed by atoms with Gasteiger partial charge in [-0.15, -0.1) is 0 Å². The Morgan fingerprint density at radius 3 is 2.26 bits per heavy atom. The second-order valence-electron chi connectivity index (χ2n) is 6.85. The molecule has 19 heavy (non-hydrogen) atoms. The standard InChI is InChI=1S/C15H23BrN2O/c1-14(2,3)9-15(4,5)18-13(19)10-6-11(16)8-12(17)7-10/h6-8H,9,17H2,1-5H3,(H,18,19). The van der Waals surface area contributed by atoms with Gasteiger partial charge in [0.05, 0.1) is 0 Å². The van der Waals surface area contributed by atoms with Gasteiger partial charge in [-0.1, -0.05) is 36.7 Å². The van der Waals surface area contributed by atoms with E-state index in [4.69, 9.17) is 5.73 Å². The Morgan fingerprint density at radius 2 is 1.79 bits per heavy atom. The molecule has 1 amide bonds. The molecule has 0 aliphatic rings. The first-order valence-electron chi connectivity index (χ1n) is 6.37. The first-order chi connectivity index (χ1) is 8.48. The van der Waals surface area contributed by atoms with Gasteiger partial charge in [0.25, 0.3) is 5.91 Å². The van der Waals surface area contributed by atoms with Gasteiger partial charge in [-0.25, -0.2) is 0 Å². The molecule has 0 radical (unpaired) electrons. The van der Waals surface area contributed by atoms with E-state index >= 15 is 0 Å². The number of rotatable bonds is 3. The third-order valence-electron chi connectivity index (χ3n) is 2.61. The quantitative estimate of drug-likeness (QED) is 0.825. The number of hydrogen-bond acceptors (Lipinski definition) is 2. The molecule has 3 nitrogen and oxygen atoms in total. The average Bonchev–Trinajstić information content (AvgIpc) is 2.10. The molecule has 1 aromatic rings. The van der Waals surface area contributed by atoms with Crippen LogP contribution < -0.4 is 11.1 Å². The summed E-state index contributed by atoms with van der Waals surface area (Å²) in [5.41, 5.74) is 6.81. The summed E-state index contributed by atoms with van der Waals surface area (Å²) in [6.45, 7) is 10.6. The summed E-state index contributed by atoms with van der Waals surface area (Å²) in [6, 6.07) is 5.24. The van der Waals surface area contributed by atoms with E-state index in [2.05, 4.69) is 42.0 Å². The van der Waals surface area contributed by atoms with Crippen LogP contribution in [0, 0.1) is 5.41 Å². The van der Waals surface area contributed by atoms with Gasteiger partial charge in [0.1, 0.15) is 0 Å². The van der Waals surface area contributed by atoms with E-state index in [0.717, 1.165) is 10.9 Å². The van der Waals surface area contributed by atoms with E-state index in [1.54, 1.807) is 18.2 Å². The van der Waals surface area contributed by atoms with Crippen molar-refractivity contribution in [3.05, 3.63) is 28.2 Å². The van der Waals surface area contributed by atoms with Crippen molar-refractivity contribution in [1.29, 1.82) is 0 Å². The van der Waals surface area contributed by atoms with Crippen LogP contribution in [0.25, 0.3) is 0 Å². The number of carbonyl (C=O) groups is 1. The van der Waals surface area contributed by atoms with Crippen LogP contribution >= 0.6 is 15.9 Å². The molecule has 4 heteroatoms. The first-order valence-corrected chi connectivity index (χ1v) is 7.16. The van der Waals surface area contributed by atoms with Gasteiger partial charge in [0.15, 0.2) is 0 Å². The summed E-state index contributed by atoms with van der Waals surface area (Å²) in [6.07, 6.45) is 0.898. The zero-order valence-corrected chi connectivity index (χ0v) is 13.9. The molecule has 3 N–H and O–H groups in total. The van der Waals surface area contributed by atoms with Crippen molar-refractivity contribution in [1.82, 2.24) is 5.32 Å². The summed E-state index contributed by atoms with van der Waals surface area (Å²) >= 11 is 3.35. The molecule has 0 saturated heterocycles. The Hall–Kier alpha value is -1.03. The number of hydrogen-bond donors (Lipinski definition) is 2. The number of amides is 1. The highest BCUT2D eigenvalue weighted by molar-refractivity contribution is 9.10. The number of carbonyl (C=O) groups excluding carboxylic acids is 1. The van der Waals surface area contributed by atoms with Crippen molar-refractivity contribution in [3.8, 4) is 0 Å². The maximum Gasteiger partial charge on any atom is 0.251 e. The fraction of sp³-hybridized carbons (Fsp3) is 0.533. The van der Waals surface area contributed by atoms with Crippen LogP contribution in [0.15, 0.2) is 22.7 Å². The molecule has 1 aromatic carbocycles. The Balaban J connectivity index is 2.84. The largest absolute Gasteiger partial charge is 0.399 e. The Bertz CT molecular complexity index is 455. The lowest BCUT2D eigenvalue weighted by Gasteiger charge is -2.33. The molecule has 0 aliphatic heterocycles. The molecular formula is C15H23BrN2O. The van der Waals surface area contributed by atoms with Gasteiger partial charge >= 0.3 is 0 Å². The summed E-state index contributed by atoms with van der Waals surface area (Å²) in [7, 11) is 0. The van der Waals surface area contributed by atoms with Crippen molar-refractivity contribution in [2.45, 2.75) is 46.6 Å². The molecule has 0 bridgehead atoms. The number of nitrogens with two attached hydrogens (primary N) is 1. The molecule has 106 valence electrons. The first kappa shape index (κ1) is 16.0. The second kappa shape index (κ2) is 5.53. The third-order valence-corrected chi connectivity index (χ3v) is 3.06. The van der Waals surface area contributed by atoms with E-state index in [9.17, 15) is 4.79 Å². The molecule has 0 heterocycles. The number of nitrogen functional groups attached to an aromatic ring is 1. The van der Waals surface area contributed by atoms with Gasteiger partial charge in [-0.2, -0.15) is 0 Å². The van der Waals surface area contributed by atoms with Gasteiger partial charge in [0, 0.05) is 21.3 Å². The van der Waals surface area contributed by atoms with Crippen molar-refractivity contribution in [2.75, 3.05) is 5.73 Å². The van der Waals surface area contributed by atoms with Gasteiger partial charge in [0.2, 0.25) is 0 Å². The molecule has 0 aromatic heterocycles. The Morgan fingerprint density at radius 1 is 1.21 bits per heavy atom. The van der Waals surface area contributed by atoms with Crippen LogP contribution in [0.4, 0.5) is 5.69 Å². The highest BCUT2D eigenvalue weighted by Gasteiger charge is 2.27. The number of nitrogens with one attached hydrogen (secondary N) is 1. The van der Waals surface area contributed by atoms with Crippen LogP contribution in [0.3, 0.4) is 0 Å². The highest BCUT2D eigenvalue weighted by Crippen LogP contribution is 2.27.